The van der Waals surface area contributed by atoms with Crippen LogP contribution in [0.5, 0.6) is 0 Å². The lowest BCUT2D eigenvalue weighted by atomic mass is 10.1. The first-order chi connectivity index (χ1) is 9.72. The van der Waals surface area contributed by atoms with Gasteiger partial charge < -0.3 is 17.0 Å². The Morgan fingerprint density at radius 3 is 2.33 bits per heavy atom. The Balaban J connectivity index is 0.00000161. The SMILES string of the molecule is Cc1ccc(Cn2c[n+](C)c(-c3ccccc3)n2)cc1.[Br-]. The van der Waals surface area contributed by atoms with E-state index in [-0.39, 0.29) is 17.0 Å². The summed E-state index contributed by atoms with van der Waals surface area (Å²) in [5, 5.41) is 4.68. The monoisotopic (exact) mass is 343 g/mol. The van der Waals surface area contributed by atoms with Crippen molar-refractivity contribution in [2.75, 3.05) is 0 Å². The number of hydrogen-bond acceptors (Lipinski definition) is 1. The topological polar surface area (TPSA) is 21.7 Å². The molecule has 0 saturated heterocycles. The zero-order valence-electron chi connectivity index (χ0n) is 12.2. The molecule has 0 N–H and O–H groups in total. The minimum absolute atomic E-state index is 0. The second-order valence-corrected chi connectivity index (χ2v) is 5.10. The number of hydrogen-bond donors (Lipinski definition) is 0. The fourth-order valence-electron chi connectivity index (χ4n) is 2.28. The minimum atomic E-state index is 0. The van der Waals surface area contributed by atoms with Gasteiger partial charge in [-0.05, 0) is 24.6 Å². The molecule has 1 heterocycles. The molecule has 108 valence electrons. The Bertz CT molecular complexity index is 703. The van der Waals surface area contributed by atoms with Gasteiger partial charge >= 0.3 is 5.82 Å². The molecule has 0 unspecified atom stereocenters. The van der Waals surface area contributed by atoms with Crippen LogP contribution in [0.2, 0.25) is 0 Å². The molecule has 0 spiro atoms. The summed E-state index contributed by atoms with van der Waals surface area (Å²) in [6.45, 7) is 2.89. The third kappa shape index (κ3) is 3.58. The molecule has 0 aliphatic rings. The third-order valence-corrected chi connectivity index (χ3v) is 3.36. The summed E-state index contributed by atoms with van der Waals surface area (Å²) < 4.78 is 4.04. The van der Waals surface area contributed by atoms with E-state index in [2.05, 4.69) is 53.0 Å². The Hall–Kier alpha value is -1.94. The molecule has 1 aromatic heterocycles. The van der Waals surface area contributed by atoms with Crippen molar-refractivity contribution in [1.29, 1.82) is 0 Å². The summed E-state index contributed by atoms with van der Waals surface area (Å²) in [6, 6.07) is 18.8. The number of nitrogens with zero attached hydrogens (tertiary/aromatic N) is 3. The van der Waals surface area contributed by atoms with Gasteiger partial charge in [-0.1, -0.05) is 48.0 Å². The molecule has 0 amide bonds. The molecule has 21 heavy (non-hydrogen) atoms. The van der Waals surface area contributed by atoms with Crippen molar-refractivity contribution in [3.05, 3.63) is 72.1 Å². The normalized spacial score (nSPS) is 10.2. The average Bonchev–Trinajstić information content (AvgIpc) is 2.83. The van der Waals surface area contributed by atoms with Crippen LogP contribution in [0.3, 0.4) is 0 Å². The van der Waals surface area contributed by atoms with Gasteiger partial charge in [-0.25, -0.2) is 4.57 Å². The second kappa shape index (κ2) is 6.68. The second-order valence-electron chi connectivity index (χ2n) is 5.10. The number of rotatable bonds is 3. The van der Waals surface area contributed by atoms with E-state index in [9.17, 15) is 0 Å². The third-order valence-electron chi connectivity index (χ3n) is 3.36. The van der Waals surface area contributed by atoms with Crippen molar-refractivity contribution in [1.82, 2.24) is 9.78 Å². The Morgan fingerprint density at radius 1 is 1.00 bits per heavy atom. The van der Waals surface area contributed by atoms with E-state index in [1.54, 1.807) is 0 Å². The molecule has 0 atom stereocenters. The first kappa shape index (κ1) is 15.4. The van der Waals surface area contributed by atoms with Gasteiger partial charge in [0.15, 0.2) is 0 Å². The first-order valence-electron chi connectivity index (χ1n) is 6.76. The fourth-order valence-corrected chi connectivity index (χ4v) is 2.28. The minimum Gasteiger partial charge on any atom is -1.00 e. The lowest BCUT2D eigenvalue weighted by Gasteiger charge is -1.96. The highest BCUT2D eigenvalue weighted by Crippen LogP contribution is 2.12. The van der Waals surface area contributed by atoms with Crippen LogP contribution >= 0.6 is 0 Å². The summed E-state index contributed by atoms with van der Waals surface area (Å²) in [7, 11) is 2.03. The van der Waals surface area contributed by atoms with Crippen molar-refractivity contribution < 1.29 is 21.5 Å². The zero-order valence-corrected chi connectivity index (χ0v) is 13.8. The molecule has 0 aliphatic heterocycles. The summed E-state index contributed by atoms with van der Waals surface area (Å²) in [6.07, 6.45) is 2.03. The van der Waals surface area contributed by atoms with Gasteiger partial charge in [0.05, 0.1) is 12.6 Å². The van der Waals surface area contributed by atoms with E-state index in [1.165, 1.54) is 11.1 Å². The number of aromatic nitrogens is 3. The van der Waals surface area contributed by atoms with Gasteiger partial charge in [0, 0.05) is 5.10 Å². The molecular formula is C17H18BrN3. The first-order valence-corrected chi connectivity index (χ1v) is 6.76. The van der Waals surface area contributed by atoms with E-state index in [0.29, 0.717) is 0 Å². The van der Waals surface area contributed by atoms with Crippen LogP contribution < -0.4 is 21.5 Å². The van der Waals surface area contributed by atoms with Gasteiger partial charge in [0.25, 0.3) is 0 Å². The number of halogens is 1. The summed E-state index contributed by atoms with van der Waals surface area (Å²) in [5.41, 5.74) is 3.68. The van der Waals surface area contributed by atoms with Crippen LogP contribution in [0.25, 0.3) is 11.4 Å². The van der Waals surface area contributed by atoms with Crippen molar-refractivity contribution in [2.45, 2.75) is 13.5 Å². The van der Waals surface area contributed by atoms with Gasteiger partial charge in [-0.15, -0.1) is 4.68 Å². The highest BCUT2D eigenvalue weighted by atomic mass is 79.9. The summed E-state index contributed by atoms with van der Waals surface area (Å²) in [4.78, 5) is 0. The molecule has 4 heteroatoms. The fraction of sp³-hybridized carbons (Fsp3) is 0.176. The van der Waals surface area contributed by atoms with Crippen molar-refractivity contribution >= 4 is 0 Å². The molecule has 0 saturated carbocycles. The van der Waals surface area contributed by atoms with E-state index < -0.39 is 0 Å². The molecule has 0 fully saturated rings. The van der Waals surface area contributed by atoms with Crippen LogP contribution in [0.1, 0.15) is 11.1 Å². The van der Waals surface area contributed by atoms with E-state index >= 15 is 0 Å². The lowest BCUT2D eigenvalue weighted by Crippen LogP contribution is -3.00. The highest BCUT2D eigenvalue weighted by Gasteiger charge is 2.15. The van der Waals surface area contributed by atoms with Crippen molar-refractivity contribution in [3.63, 3.8) is 0 Å². The van der Waals surface area contributed by atoms with E-state index in [0.717, 1.165) is 17.9 Å². The predicted octanol–water partition coefficient (Wildman–Crippen LogP) is -0.265. The summed E-state index contributed by atoms with van der Waals surface area (Å²) >= 11 is 0. The molecule has 3 aromatic rings. The van der Waals surface area contributed by atoms with Crippen LogP contribution in [-0.4, -0.2) is 9.78 Å². The molecule has 3 rings (SSSR count). The average molecular weight is 344 g/mol. The van der Waals surface area contributed by atoms with Gasteiger partial charge in [-0.2, -0.15) is 0 Å². The quantitative estimate of drug-likeness (QED) is 0.600. The van der Waals surface area contributed by atoms with Crippen molar-refractivity contribution in [3.8, 4) is 11.4 Å². The predicted molar refractivity (Wildman–Crippen MR) is 79.1 cm³/mol. The standard InChI is InChI=1S/C17H18N3.BrH/c1-14-8-10-15(11-9-14)12-20-13-19(2)17(18-20)16-6-4-3-5-7-16;/h3-11,13H,12H2,1-2H3;1H/q+1;/p-1. The van der Waals surface area contributed by atoms with E-state index in [4.69, 9.17) is 0 Å². The Kier molecular flexibility index (Phi) is 4.91. The maximum Gasteiger partial charge on any atom is 0.308 e. The smallest absolute Gasteiger partial charge is 0.308 e. The largest absolute Gasteiger partial charge is 1.00 e. The van der Waals surface area contributed by atoms with E-state index in [1.807, 2.05) is 36.3 Å². The molecule has 0 radical (unpaired) electrons. The molecule has 3 nitrogen and oxygen atoms in total. The summed E-state index contributed by atoms with van der Waals surface area (Å²) in [5.74, 6) is 0.984. The van der Waals surface area contributed by atoms with Gasteiger partial charge in [0.2, 0.25) is 6.33 Å². The maximum atomic E-state index is 4.68. The Labute approximate surface area is 135 Å². The zero-order chi connectivity index (χ0) is 13.9. The number of benzene rings is 2. The van der Waals surface area contributed by atoms with Crippen LogP contribution in [0.4, 0.5) is 0 Å². The molecule has 2 aromatic carbocycles. The Morgan fingerprint density at radius 2 is 1.67 bits per heavy atom. The molecular weight excluding hydrogens is 326 g/mol. The highest BCUT2D eigenvalue weighted by molar-refractivity contribution is 5.50. The molecule has 0 aliphatic carbocycles. The van der Waals surface area contributed by atoms with Gasteiger partial charge in [-0.3, -0.25) is 0 Å². The maximum absolute atomic E-state index is 4.68. The van der Waals surface area contributed by atoms with Crippen LogP contribution in [0, 0.1) is 6.92 Å². The van der Waals surface area contributed by atoms with Crippen molar-refractivity contribution in [2.24, 2.45) is 7.05 Å². The van der Waals surface area contributed by atoms with Crippen LogP contribution in [0.15, 0.2) is 60.9 Å². The van der Waals surface area contributed by atoms with Crippen LogP contribution in [-0.2, 0) is 13.6 Å². The lowest BCUT2D eigenvalue weighted by molar-refractivity contribution is -0.661. The number of aryl methyl sites for hydroxylation is 2. The van der Waals surface area contributed by atoms with Gasteiger partial charge in [0.1, 0.15) is 6.54 Å². The molecule has 0 bridgehead atoms.